The lowest BCUT2D eigenvalue weighted by atomic mass is 10.2. The fourth-order valence-electron chi connectivity index (χ4n) is 3.52. The molecule has 0 spiro atoms. The number of hydrogen-bond donors (Lipinski definition) is 1. The van der Waals surface area contributed by atoms with Crippen LogP contribution in [0.15, 0.2) is 48.5 Å². The van der Waals surface area contributed by atoms with Crippen molar-refractivity contribution in [3.63, 3.8) is 0 Å². The van der Waals surface area contributed by atoms with E-state index >= 15 is 0 Å². The lowest BCUT2D eigenvalue weighted by Crippen LogP contribution is -2.46. The van der Waals surface area contributed by atoms with E-state index in [1.807, 2.05) is 18.2 Å². The number of nitrogens with zero attached hydrogens (tertiary/aromatic N) is 2. The average molecular weight is 383 g/mol. The summed E-state index contributed by atoms with van der Waals surface area (Å²) >= 11 is 0. The number of rotatable bonds is 9. The van der Waals surface area contributed by atoms with Crippen LogP contribution in [0, 0.1) is 0 Å². The molecule has 1 aliphatic rings. The summed E-state index contributed by atoms with van der Waals surface area (Å²) in [7, 11) is 1.72. The zero-order valence-corrected chi connectivity index (χ0v) is 16.5. The van der Waals surface area contributed by atoms with E-state index in [1.165, 1.54) is 5.69 Å². The highest BCUT2D eigenvalue weighted by molar-refractivity contribution is 5.95. The highest BCUT2D eigenvalue weighted by Crippen LogP contribution is 2.28. The first kappa shape index (κ1) is 20.0. The second-order valence-corrected chi connectivity index (χ2v) is 6.92. The first-order valence-electron chi connectivity index (χ1n) is 9.81. The van der Waals surface area contributed by atoms with Crippen LogP contribution in [0.4, 0.5) is 5.69 Å². The predicted octanol–water partition coefficient (Wildman–Crippen LogP) is 2.78. The Hall–Kier alpha value is -2.73. The van der Waals surface area contributed by atoms with Gasteiger partial charge < -0.3 is 20.1 Å². The molecule has 3 rings (SSSR count). The van der Waals surface area contributed by atoms with Gasteiger partial charge in [-0.2, -0.15) is 0 Å². The van der Waals surface area contributed by atoms with Crippen molar-refractivity contribution >= 4 is 11.6 Å². The Morgan fingerprint density at radius 3 is 2.36 bits per heavy atom. The van der Waals surface area contributed by atoms with E-state index in [9.17, 15) is 4.79 Å². The highest BCUT2D eigenvalue weighted by Gasteiger charge is 2.19. The molecule has 0 saturated carbocycles. The van der Waals surface area contributed by atoms with Crippen LogP contribution in [-0.2, 0) is 0 Å². The van der Waals surface area contributed by atoms with E-state index in [1.54, 1.807) is 25.3 Å². The molecule has 0 radical (unpaired) electrons. The van der Waals surface area contributed by atoms with E-state index < -0.39 is 5.91 Å². The van der Waals surface area contributed by atoms with Crippen LogP contribution in [0.1, 0.15) is 23.2 Å². The SMILES string of the molecule is COc1ccccc1N1CCN(CCCCOc2ccccc2C(N)=O)CC1. The van der Waals surface area contributed by atoms with Crippen LogP contribution in [0.5, 0.6) is 11.5 Å². The normalized spacial score (nSPS) is 14.7. The Kier molecular flexibility index (Phi) is 7.14. The number of benzene rings is 2. The van der Waals surface area contributed by atoms with Gasteiger partial charge in [0.15, 0.2) is 0 Å². The summed E-state index contributed by atoms with van der Waals surface area (Å²) in [6.07, 6.45) is 2.01. The summed E-state index contributed by atoms with van der Waals surface area (Å²) in [4.78, 5) is 16.3. The molecular weight excluding hydrogens is 354 g/mol. The third-order valence-electron chi connectivity index (χ3n) is 5.08. The van der Waals surface area contributed by atoms with Crippen molar-refractivity contribution < 1.29 is 14.3 Å². The second-order valence-electron chi connectivity index (χ2n) is 6.92. The minimum absolute atomic E-state index is 0.440. The van der Waals surface area contributed by atoms with Gasteiger partial charge in [0.05, 0.1) is 25.0 Å². The number of carbonyl (C=O) groups is 1. The summed E-state index contributed by atoms with van der Waals surface area (Å²) in [6, 6.07) is 15.3. The predicted molar refractivity (Wildman–Crippen MR) is 111 cm³/mol. The Balaban J connectivity index is 1.37. The number of nitrogens with two attached hydrogens (primary N) is 1. The fourth-order valence-corrected chi connectivity index (χ4v) is 3.52. The van der Waals surface area contributed by atoms with Gasteiger partial charge in [-0.3, -0.25) is 9.69 Å². The van der Waals surface area contributed by atoms with Crippen LogP contribution in [-0.4, -0.2) is 57.2 Å². The Morgan fingerprint density at radius 1 is 0.964 bits per heavy atom. The van der Waals surface area contributed by atoms with Crippen molar-refractivity contribution in [3.05, 3.63) is 54.1 Å². The number of piperazine rings is 1. The zero-order chi connectivity index (χ0) is 19.8. The van der Waals surface area contributed by atoms with Crippen LogP contribution < -0.4 is 20.1 Å². The quantitative estimate of drug-likeness (QED) is 0.675. The Bertz CT molecular complexity index is 773. The van der Waals surface area contributed by atoms with Gasteiger partial charge in [-0.15, -0.1) is 0 Å². The van der Waals surface area contributed by atoms with E-state index in [4.69, 9.17) is 15.2 Å². The summed E-state index contributed by atoms with van der Waals surface area (Å²) in [5.41, 5.74) is 6.99. The number of para-hydroxylation sites is 3. The van der Waals surface area contributed by atoms with Crippen LogP contribution in [0.2, 0.25) is 0 Å². The van der Waals surface area contributed by atoms with Gasteiger partial charge in [0.1, 0.15) is 11.5 Å². The lowest BCUT2D eigenvalue weighted by Gasteiger charge is -2.36. The van der Waals surface area contributed by atoms with Gasteiger partial charge in [0, 0.05) is 26.2 Å². The zero-order valence-electron chi connectivity index (χ0n) is 16.5. The maximum Gasteiger partial charge on any atom is 0.252 e. The fraction of sp³-hybridized carbons (Fsp3) is 0.409. The largest absolute Gasteiger partial charge is 0.495 e. The highest BCUT2D eigenvalue weighted by atomic mass is 16.5. The van der Waals surface area contributed by atoms with Gasteiger partial charge in [0.2, 0.25) is 0 Å². The number of ether oxygens (including phenoxy) is 2. The molecule has 6 heteroatoms. The molecule has 0 unspecified atom stereocenters. The smallest absolute Gasteiger partial charge is 0.252 e. The molecule has 6 nitrogen and oxygen atoms in total. The molecule has 1 heterocycles. The molecule has 2 N–H and O–H groups in total. The van der Waals surface area contributed by atoms with Crippen LogP contribution in [0.25, 0.3) is 0 Å². The maximum atomic E-state index is 11.4. The average Bonchev–Trinajstić information content (AvgIpc) is 2.74. The van der Waals surface area contributed by atoms with E-state index in [2.05, 4.69) is 21.9 Å². The number of methoxy groups -OCH3 is 1. The number of carbonyl (C=O) groups excluding carboxylic acids is 1. The molecule has 1 saturated heterocycles. The first-order chi connectivity index (χ1) is 13.7. The summed E-state index contributed by atoms with van der Waals surface area (Å²) in [5, 5.41) is 0. The molecule has 2 aromatic rings. The number of primary amides is 1. The van der Waals surface area contributed by atoms with Crippen molar-refractivity contribution in [1.29, 1.82) is 0 Å². The number of hydrogen-bond acceptors (Lipinski definition) is 5. The molecule has 150 valence electrons. The first-order valence-corrected chi connectivity index (χ1v) is 9.81. The molecule has 2 aromatic carbocycles. The minimum atomic E-state index is -0.455. The Labute approximate surface area is 166 Å². The topological polar surface area (TPSA) is 68.0 Å². The van der Waals surface area contributed by atoms with Crippen molar-refractivity contribution in [2.24, 2.45) is 5.73 Å². The van der Waals surface area contributed by atoms with Crippen LogP contribution in [0.3, 0.4) is 0 Å². The van der Waals surface area contributed by atoms with Gasteiger partial charge in [0.25, 0.3) is 5.91 Å². The standard InChI is InChI=1S/C22H29N3O3/c1-27-21-11-5-3-9-19(21)25-15-13-24(14-16-25)12-6-7-17-28-20-10-4-2-8-18(20)22(23)26/h2-5,8-11H,6-7,12-17H2,1H3,(H2,23,26). The molecule has 0 aliphatic carbocycles. The van der Waals surface area contributed by atoms with Crippen molar-refractivity contribution in [2.75, 3.05) is 51.3 Å². The molecule has 1 aliphatic heterocycles. The minimum Gasteiger partial charge on any atom is -0.495 e. The second kappa shape index (κ2) is 9.99. The monoisotopic (exact) mass is 383 g/mol. The number of amides is 1. The van der Waals surface area contributed by atoms with E-state index in [0.29, 0.717) is 17.9 Å². The van der Waals surface area contributed by atoms with Gasteiger partial charge in [-0.1, -0.05) is 24.3 Å². The van der Waals surface area contributed by atoms with Gasteiger partial charge in [-0.25, -0.2) is 0 Å². The molecular formula is C22H29N3O3. The van der Waals surface area contributed by atoms with Crippen molar-refractivity contribution in [1.82, 2.24) is 4.90 Å². The third kappa shape index (κ3) is 5.16. The molecule has 1 fully saturated rings. The third-order valence-corrected chi connectivity index (χ3v) is 5.08. The number of unbranched alkanes of at least 4 members (excludes halogenated alkanes) is 1. The van der Waals surface area contributed by atoms with Crippen molar-refractivity contribution in [3.8, 4) is 11.5 Å². The van der Waals surface area contributed by atoms with E-state index in [0.717, 1.165) is 51.3 Å². The summed E-state index contributed by atoms with van der Waals surface area (Å²) in [5.74, 6) is 1.05. The maximum absolute atomic E-state index is 11.4. The molecule has 1 amide bonds. The van der Waals surface area contributed by atoms with E-state index in [-0.39, 0.29) is 0 Å². The summed E-state index contributed by atoms with van der Waals surface area (Å²) < 4.78 is 11.2. The molecule has 28 heavy (non-hydrogen) atoms. The number of anilines is 1. The van der Waals surface area contributed by atoms with Gasteiger partial charge in [-0.05, 0) is 43.7 Å². The Morgan fingerprint density at radius 2 is 1.64 bits per heavy atom. The summed E-state index contributed by atoms with van der Waals surface area (Å²) in [6.45, 7) is 5.74. The molecule has 0 bridgehead atoms. The van der Waals surface area contributed by atoms with Gasteiger partial charge >= 0.3 is 0 Å². The lowest BCUT2D eigenvalue weighted by molar-refractivity contribution is 0.0996. The van der Waals surface area contributed by atoms with Crippen LogP contribution >= 0.6 is 0 Å². The molecule has 0 atom stereocenters. The molecule has 0 aromatic heterocycles. The van der Waals surface area contributed by atoms with Crippen molar-refractivity contribution in [2.45, 2.75) is 12.8 Å².